The smallest absolute Gasteiger partial charge is 0.280 e. The second-order valence-corrected chi connectivity index (χ2v) is 7.46. The Morgan fingerprint density at radius 2 is 1.74 bits per heavy atom. The van der Waals surface area contributed by atoms with Gasteiger partial charge in [0.25, 0.3) is 5.91 Å². The van der Waals surface area contributed by atoms with E-state index < -0.39 is 0 Å². The number of rotatable bonds is 6. The first-order valence-corrected chi connectivity index (χ1v) is 10.1. The lowest BCUT2D eigenvalue weighted by Crippen LogP contribution is -2.21. The Kier molecular flexibility index (Phi) is 6.05. The number of hydrogen-bond donors (Lipinski definition) is 0. The fourth-order valence-electron chi connectivity index (χ4n) is 3.24. The lowest BCUT2D eigenvalue weighted by molar-refractivity contribution is -0.114. The topological polar surface area (TPSA) is 51.1 Å². The van der Waals surface area contributed by atoms with E-state index in [0.29, 0.717) is 40.1 Å². The zero-order chi connectivity index (χ0) is 21.8. The predicted octanol–water partition coefficient (Wildman–Crippen LogP) is 5.73. The van der Waals surface area contributed by atoms with E-state index in [2.05, 4.69) is 5.10 Å². The largest absolute Gasteiger partial charge is 0.493 e. The van der Waals surface area contributed by atoms with Gasteiger partial charge in [-0.15, -0.1) is 0 Å². The maximum absolute atomic E-state index is 12.9. The molecule has 0 saturated carbocycles. The number of ether oxygens (including phenoxy) is 2. The van der Waals surface area contributed by atoms with Crippen molar-refractivity contribution < 1.29 is 14.3 Å². The zero-order valence-corrected chi connectivity index (χ0v) is 18.0. The van der Waals surface area contributed by atoms with Gasteiger partial charge in [-0.25, -0.2) is 0 Å². The maximum atomic E-state index is 12.9. The molecule has 0 N–H and O–H groups in total. The van der Waals surface area contributed by atoms with Gasteiger partial charge in [0.1, 0.15) is 6.61 Å². The Labute approximate surface area is 186 Å². The van der Waals surface area contributed by atoms with Gasteiger partial charge >= 0.3 is 0 Å². The van der Waals surface area contributed by atoms with Crippen LogP contribution in [0.5, 0.6) is 11.5 Å². The molecular formula is C25H21ClN2O3. The molecule has 6 heteroatoms. The lowest BCUT2D eigenvalue weighted by Gasteiger charge is -2.12. The van der Waals surface area contributed by atoms with Crippen LogP contribution in [0, 0.1) is 0 Å². The summed E-state index contributed by atoms with van der Waals surface area (Å²) in [6.07, 6.45) is 1.81. The van der Waals surface area contributed by atoms with Crippen LogP contribution in [0.3, 0.4) is 0 Å². The highest BCUT2D eigenvalue weighted by atomic mass is 35.5. The van der Waals surface area contributed by atoms with Crippen LogP contribution in [0.25, 0.3) is 6.08 Å². The third kappa shape index (κ3) is 4.62. The van der Waals surface area contributed by atoms with Crippen molar-refractivity contribution in [2.75, 3.05) is 12.1 Å². The van der Waals surface area contributed by atoms with Crippen molar-refractivity contribution in [1.82, 2.24) is 0 Å². The van der Waals surface area contributed by atoms with Gasteiger partial charge in [0.05, 0.1) is 24.1 Å². The molecule has 0 saturated heterocycles. The van der Waals surface area contributed by atoms with Crippen LogP contribution in [0.4, 0.5) is 5.69 Å². The molecule has 0 atom stereocenters. The number of nitrogens with zero attached hydrogens (tertiary/aromatic N) is 2. The molecule has 0 bridgehead atoms. The number of carbonyl (C=O) groups is 1. The summed E-state index contributed by atoms with van der Waals surface area (Å²) in [4.78, 5) is 12.9. The van der Waals surface area contributed by atoms with Crippen molar-refractivity contribution in [3.8, 4) is 11.5 Å². The average molecular weight is 433 g/mol. The Hall–Kier alpha value is -3.57. The Balaban J connectivity index is 1.54. The number of halogens is 1. The number of methoxy groups -OCH3 is 1. The first-order valence-electron chi connectivity index (χ1n) is 9.77. The highest BCUT2D eigenvalue weighted by Gasteiger charge is 2.28. The Morgan fingerprint density at radius 1 is 1.00 bits per heavy atom. The highest BCUT2D eigenvalue weighted by molar-refractivity contribution is 6.32. The third-order valence-corrected chi connectivity index (χ3v) is 5.12. The van der Waals surface area contributed by atoms with Gasteiger partial charge in [-0.3, -0.25) is 4.79 Å². The molecule has 0 radical (unpaired) electrons. The number of hydrogen-bond acceptors (Lipinski definition) is 4. The Morgan fingerprint density at radius 3 is 2.45 bits per heavy atom. The Bertz CT molecular complexity index is 1160. The van der Waals surface area contributed by atoms with Crippen LogP contribution < -0.4 is 14.5 Å². The SMILES string of the molecule is COc1cc(C=C2C(=O)N(c3ccc(Cl)cc3)N=C2C)ccc1OCc1ccccc1. The molecule has 0 unspecified atom stereocenters. The summed E-state index contributed by atoms with van der Waals surface area (Å²) in [6.45, 7) is 2.26. The van der Waals surface area contributed by atoms with E-state index in [1.165, 1.54) is 5.01 Å². The van der Waals surface area contributed by atoms with Gasteiger partial charge in [-0.1, -0.05) is 48.0 Å². The predicted molar refractivity (Wildman–Crippen MR) is 124 cm³/mol. The van der Waals surface area contributed by atoms with Crippen molar-refractivity contribution in [3.63, 3.8) is 0 Å². The molecule has 3 aromatic rings. The van der Waals surface area contributed by atoms with Crippen LogP contribution in [0.1, 0.15) is 18.1 Å². The van der Waals surface area contributed by atoms with Crippen LogP contribution in [0.15, 0.2) is 83.5 Å². The molecule has 3 aromatic carbocycles. The lowest BCUT2D eigenvalue weighted by atomic mass is 10.1. The van der Waals surface area contributed by atoms with E-state index in [1.807, 2.05) is 55.5 Å². The normalized spacial score (nSPS) is 14.7. The monoisotopic (exact) mass is 432 g/mol. The molecule has 0 fully saturated rings. The fourth-order valence-corrected chi connectivity index (χ4v) is 3.36. The zero-order valence-electron chi connectivity index (χ0n) is 17.2. The van der Waals surface area contributed by atoms with Crippen molar-refractivity contribution in [2.45, 2.75) is 13.5 Å². The van der Waals surface area contributed by atoms with Gasteiger partial charge in [-0.2, -0.15) is 10.1 Å². The van der Waals surface area contributed by atoms with Gasteiger partial charge in [0.2, 0.25) is 0 Å². The molecule has 1 amide bonds. The number of amides is 1. The van der Waals surface area contributed by atoms with Gasteiger partial charge in [0.15, 0.2) is 11.5 Å². The second-order valence-electron chi connectivity index (χ2n) is 7.02. The molecule has 0 aromatic heterocycles. The minimum atomic E-state index is -0.191. The van der Waals surface area contributed by atoms with E-state index >= 15 is 0 Å². The number of anilines is 1. The summed E-state index contributed by atoms with van der Waals surface area (Å²) >= 11 is 5.95. The molecule has 156 valence electrons. The van der Waals surface area contributed by atoms with Crippen molar-refractivity contribution in [3.05, 3.63) is 94.5 Å². The molecule has 0 spiro atoms. The summed E-state index contributed by atoms with van der Waals surface area (Å²) in [7, 11) is 1.59. The number of carbonyl (C=O) groups excluding carboxylic acids is 1. The van der Waals surface area contributed by atoms with Crippen LogP contribution in [-0.2, 0) is 11.4 Å². The summed E-state index contributed by atoms with van der Waals surface area (Å²) in [5.41, 5.74) is 3.72. The minimum absolute atomic E-state index is 0.191. The van der Waals surface area contributed by atoms with Gasteiger partial charge in [-0.05, 0) is 60.5 Å². The molecule has 1 aliphatic heterocycles. The first kappa shape index (κ1) is 20.7. The van der Waals surface area contributed by atoms with E-state index in [1.54, 1.807) is 37.5 Å². The van der Waals surface area contributed by atoms with Crippen LogP contribution in [0.2, 0.25) is 5.02 Å². The van der Waals surface area contributed by atoms with E-state index in [-0.39, 0.29) is 5.91 Å². The highest BCUT2D eigenvalue weighted by Crippen LogP contribution is 2.31. The van der Waals surface area contributed by atoms with Crippen molar-refractivity contribution in [1.29, 1.82) is 0 Å². The second kappa shape index (κ2) is 9.06. The minimum Gasteiger partial charge on any atom is -0.493 e. The molecular weight excluding hydrogens is 412 g/mol. The molecule has 4 rings (SSSR count). The summed E-state index contributed by atoms with van der Waals surface area (Å²) in [5.74, 6) is 1.04. The van der Waals surface area contributed by atoms with Crippen LogP contribution in [-0.4, -0.2) is 18.7 Å². The quantitative estimate of drug-likeness (QED) is 0.467. The van der Waals surface area contributed by atoms with Gasteiger partial charge in [0, 0.05) is 5.02 Å². The molecule has 1 aliphatic rings. The van der Waals surface area contributed by atoms with E-state index in [0.717, 1.165) is 11.1 Å². The fraction of sp³-hybridized carbons (Fsp3) is 0.120. The van der Waals surface area contributed by atoms with E-state index in [9.17, 15) is 4.79 Å². The van der Waals surface area contributed by atoms with Crippen molar-refractivity contribution in [2.24, 2.45) is 5.10 Å². The third-order valence-electron chi connectivity index (χ3n) is 4.87. The standard InChI is InChI=1S/C25H21ClN2O3/c1-17-22(25(29)28(27-17)21-11-9-20(26)10-12-21)14-19-8-13-23(24(15-19)30-2)31-16-18-6-4-3-5-7-18/h3-15H,16H2,1-2H3. The number of hydrazone groups is 1. The summed E-state index contributed by atoms with van der Waals surface area (Å²) in [5, 5.41) is 6.39. The van der Waals surface area contributed by atoms with Crippen LogP contribution >= 0.6 is 11.6 Å². The first-order chi connectivity index (χ1) is 15.0. The van der Waals surface area contributed by atoms with E-state index in [4.69, 9.17) is 21.1 Å². The maximum Gasteiger partial charge on any atom is 0.280 e. The molecule has 31 heavy (non-hydrogen) atoms. The van der Waals surface area contributed by atoms with Crippen molar-refractivity contribution >= 4 is 35.0 Å². The summed E-state index contributed by atoms with van der Waals surface area (Å²) in [6, 6.07) is 22.5. The van der Waals surface area contributed by atoms with Gasteiger partial charge < -0.3 is 9.47 Å². The average Bonchev–Trinajstić information content (AvgIpc) is 3.07. The molecule has 0 aliphatic carbocycles. The molecule has 5 nitrogen and oxygen atoms in total. The molecule has 1 heterocycles. The summed E-state index contributed by atoms with van der Waals surface area (Å²) < 4.78 is 11.4. The number of benzene rings is 3.